The number of aromatic nitrogens is 3. The second-order valence-corrected chi connectivity index (χ2v) is 7.51. The predicted molar refractivity (Wildman–Crippen MR) is 109 cm³/mol. The van der Waals surface area contributed by atoms with Gasteiger partial charge in [0.2, 0.25) is 0 Å². The van der Waals surface area contributed by atoms with E-state index in [0.29, 0.717) is 6.54 Å². The zero-order valence-electron chi connectivity index (χ0n) is 16.7. The number of rotatable bonds is 4. The van der Waals surface area contributed by atoms with Crippen molar-refractivity contribution in [2.24, 2.45) is 4.99 Å². The van der Waals surface area contributed by atoms with Crippen LogP contribution in [0.25, 0.3) is 0 Å². The molecule has 150 valence electrons. The zero-order valence-corrected chi connectivity index (χ0v) is 16.7. The minimum absolute atomic E-state index is 0.268. The third kappa shape index (κ3) is 4.46. The Labute approximate surface area is 166 Å². The number of hydrogen-bond donors (Lipinski definition) is 1. The van der Waals surface area contributed by atoms with Crippen LogP contribution in [0.15, 0.2) is 35.3 Å². The summed E-state index contributed by atoms with van der Waals surface area (Å²) in [7, 11) is 1.85. The number of benzene rings is 1. The number of likely N-dealkylation sites (tertiary alicyclic amines) is 1. The third-order valence-electron chi connectivity index (χ3n) is 5.59. The second kappa shape index (κ2) is 9.08. The van der Waals surface area contributed by atoms with E-state index < -0.39 is 0 Å². The summed E-state index contributed by atoms with van der Waals surface area (Å²) >= 11 is 0. The monoisotopic (exact) mass is 382 g/mol. The van der Waals surface area contributed by atoms with Crippen LogP contribution >= 0.6 is 0 Å². The molecule has 0 spiro atoms. The van der Waals surface area contributed by atoms with Crippen molar-refractivity contribution in [1.29, 1.82) is 0 Å². The summed E-state index contributed by atoms with van der Waals surface area (Å²) in [6.45, 7) is 3.57. The van der Waals surface area contributed by atoms with Crippen LogP contribution in [0.5, 0.6) is 5.75 Å². The molecule has 1 aromatic carbocycles. The SMILES string of the molecule is CN=C(NCc1nnc2n1CCCCC2)N1CCC(Oc2ccccc2)CC1. The lowest BCUT2D eigenvalue weighted by Crippen LogP contribution is -2.47. The summed E-state index contributed by atoms with van der Waals surface area (Å²) in [4.78, 5) is 6.79. The quantitative estimate of drug-likeness (QED) is 0.650. The van der Waals surface area contributed by atoms with Crippen LogP contribution in [0.3, 0.4) is 0 Å². The van der Waals surface area contributed by atoms with E-state index in [1.54, 1.807) is 0 Å². The molecule has 1 aromatic heterocycles. The molecule has 1 N–H and O–H groups in total. The number of nitrogens with zero attached hydrogens (tertiary/aromatic N) is 5. The highest BCUT2D eigenvalue weighted by atomic mass is 16.5. The van der Waals surface area contributed by atoms with Crippen LogP contribution in [0.1, 0.15) is 43.8 Å². The highest BCUT2D eigenvalue weighted by Gasteiger charge is 2.23. The van der Waals surface area contributed by atoms with E-state index in [-0.39, 0.29) is 6.10 Å². The van der Waals surface area contributed by atoms with Gasteiger partial charge >= 0.3 is 0 Å². The van der Waals surface area contributed by atoms with E-state index in [1.165, 1.54) is 19.3 Å². The number of aryl methyl sites for hydroxylation is 1. The van der Waals surface area contributed by atoms with Gasteiger partial charge in [-0.15, -0.1) is 10.2 Å². The molecule has 28 heavy (non-hydrogen) atoms. The number of nitrogens with one attached hydrogen (secondary N) is 1. The summed E-state index contributed by atoms with van der Waals surface area (Å²) in [6, 6.07) is 10.1. The van der Waals surface area contributed by atoms with E-state index >= 15 is 0 Å². The van der Waals surface area contributed by atoms with E-state index in [2.05, 4.69) is 30.0 Å². The van der Waals surface area contributed by atoms with Gasteiger partial charge in [-0.1, -0.05) is 24.6 Å². The summed E-state index contributed by atoms with van der Waals surface area (Å²) in [5.74, 6) is 4.03. The van der Waals surface area contributed by atoms with Gasteiger partial charge < -0.3 is 19.5 Å². The average molecular weight is 383 g/mol. The Balaban J connectivity index is 1.29. The van der Waals surface area contributed by atoms with Crippen LogP contribution in [-0.4, -0.2) is 51.9 Å². The van der Waals surface area contributed by atoms with Gasteiger partial charge in [0.15, 0.2) is 11.8 Å². The first-order valence-corrected chi connectivity index (χ1v) is 10.4. The van der Waals surface area contributed by atoms with Crippen molar-refractivity contribution < 1.29 is 4.74 Å². The largest absolute Gasteiger partial charge is 0.490 e. The summed E-state index contributed by atoms with van der Waals surface area (Å²) in [5.41, 5.74) is 0. The molecular weight excluding hydrogens is 352 g/mol. The standard InChI is InChI=1S/C21H30N6O/c1-22-21(23-16-20-25-24-19-10-6-3-7-13-27(19)20)26-14-11-18(12-15-26)28-17-8-4-2-5-9-17/h2,4-5,8-9,18H,3,6-7,10-16H2,1H3,(H,22,23). The predicted octanol–water partition coefficient (Wildman–Crippen LogP) is 2.62. The topological polar surface area (TPSA) is 67.6 Å². The first-order chi connectivity index (χ1) is 13.8. The maximum atomic E-state index is 6.10. The molecule has 1 saturated heterocycles. The maximum absolute atomic E-state index is 6.10. The van der Waals surface area contributed by atoms with E-state index in [0.717, 1.165) is 62.3 Å². The van der Waals surface area contributed by atoms with Gasteiger partial charge in [-0.25, -0.2) is 0 Å². The summed E-state index contributed by atoms with van der Waals surface area (Å²) in [5, 5.41) is 12.3. The Morgan fingerprint density at radius 2 is 1.93 bits per heavy atom. The number of aliphatic imine (C=N–C) groups is 1. The first kappa shape index (κ1) is 18.8. The minimum Gasteiger partial charge on any atom is -0.490 e. The molecule has 7 nitrogen and oxygen atoms in total. The molecule has 2 aliphatic rings. The van der Waals surface area contributed by atoms with Gasteiger partial charge in [-0.05, 0) is 25.0 Å². The number of guanidine groups is 1. The van der Waals surface area contributed by atoms with Gasteiger partial charge in [0.25, 0.3) is 0 Å². The Hall–Kier alpha value is -2.57. The molecule has 0 radical (unpaired) electrons. The molecule has 7 heteroatoms. The smallest absolute Gasteiger partial charge is 0.194 e. The number of ether oxygens (including phenoxy) is 1. The molecule has 0 aliphatic carbocycles. The van der Waals surface area contributed by atoms with Gasteiger partial charge in [-0.2, -0.15) is 0 Å². The Morgan fingerprint density at radius 1 is 1.11 bits per heavy atom. The normalized spacial score (nSPS) is 18.5. The van der Waals surface area contributed by atoms with Gasteiger partial charge in [0.1, 0.15) is 17.7 Å². The fraction of sp³-hybridized carbons (Fsp3) is 0.571. The van der Waals surface area contributed by atoms with Crippen LogP contribution in [-0.2, 0) is 19.5 Å². The molecular formula is C21H30N6O. The zero-order chi connectivity index (χ0) is 19.2. The van der Waals surface area contributed by atoms with Crippen molar-refractivity contribution in [2.75, 3.05) is 20.1 Å². The molecule has 0 atom stereocenters. The first-order valence-electron chi connectivity index (χ1n) is 10.4. The molecule has 0 amide bonds. The summed E-state index contributed by atoms with van der Waals surface area (Å²) < 4.78 is 8.39. The van der Waals surface area contributed by atoms with Gasteiger partial charge in [0.05, 0.1) is 6.54 Å². The lowest BCUT2D eigenvalue weighted by molar-refractivity contribution is 0.129. The molecule has 3 heterocycles. The molecule has 0 saturated carbocycles. The Morgan fingerprint density at radius 3 is 2.71 bits per heavy atom. The fourth-order valence-electron chi connectivity index (χ4n) is 4.04. The Kier molecular flexibility index (Phi) is 6.09. The van der Waals surface area contributed by atoms with Crippen molar-refractivity contribution in [3.8, 4) is 5.75 Å². The fourth-order valence-corrected chi connectivity index (χ4v) is 4.04. The number of hydrogen-bond acceptors (Lipinski definition) is 4. The molecule has 0 bridgehead atoms. The highest BCUT2D eigenvalue weighted by Crippen LogP contribution is 2.19. The lowest BCUT2D eigenvalue weighted by Gasteiger charge is -2.34. The van der Waals surface area contributed by atoms with Crippen LogP contribution in [0.4, 0.5) is 0 Å². The van der Waals surface area contributed by atoms with E-state index in [9.17, 15) is 0 Å². The second-order valence-electron chi connectivity index (χ2n) is 7.51. The number of piperidine rings is 1. The lowest BCUT2D eigenvalue weighted by atomic mass is 10.1. The number of para-hydroxylation sites is 1. The molecule has 2 aliphatic heterocycles. The van der Waals surface area contributed by atoms with Crippen molar-refractivity contribution in [3.05, 3.63) is 42.0 Å². The molecule has 2 aromatic rings. The Bertz CT molecular complexity index is 779. The van der Waals surface area contributed by atoms with E-state index in [1.807, 2.05) is 37.4 Å². The van der Waals surface area contributed by atoms with Crippen molar-refractivity contribution >= 4 is 5.96 Å². The van der Waals surface area contributed by atoms with Crippen molar-refractivity contribution in [3.63, 3.8) is 0 Å². The van der Waals surface area contributed by atoms with Gasteiger partial charge in [-0.3, -0.25) is 4.99 Å². The minimum atomic E-state index is 0.268. The average Bonchev–Trinajstić information content (AvgIpc) is 2.96. The molecule has 1 fully saturated rings. The molecule has 4 rings (SSSR count). The van der Waals surface area contributed by atoms with Crippen LogP contribution in [0, 0.1) is 0 Å². The highest BCUT2D eigenvalue weighted by molar-refractivity contribution is 5.79. The van der Waals surface area contributed by atoms with Gasteiger partial charge in [0, 0.05) is 45.9 Å². The third-order valence-corrected chi connectivity index (χ3v) is 5.59. The van der Waals surface area contributed by atoms with Crippen molar-refractivity contribution in [1.82, 2.24) is 25.0 Å². The van der Waals surface area contributed by atoms with Crippen LogP contribution in [0.2, 0.25) is 0 Å². The van der Waals surface area contributed by atoms with Crippen LogP contribution < -0.4 is 10.1 Å². The summed E-state index contributed by atoms with van der Waals surface area (Å²) in [6.07, 6.45) is 7.00. The number of fused-ring (bicyclic) bond motifs is 1. The van der Waals surface area contributed by atoms with E-state index in [4.69, 9.17) is 4.74 Å². The van der Waals surface area contributed by atoms with Crippen molar-refractivity contribution in [2.45, 2.75) is 57.7 Å². The maximum Gasteiger partial charge on any atom is 0.194 e. The molecule has 0 unspecified atom stereocenters.